The Kier molecular flexibility index (Phi) is 6.38. The number of hydrogen-bond acceptors (Lipinski definition) is 3. The molecule has 0 spiro atoms. The number of rotatable bonds is 5. The summed E-state index contributed by atoms with van der Waals surface area (Å²) in [5, 5.41) is 6.80. The molecule has 1 fully saturated rings. The summed E-state index contributed by atoms with van der Waals surface area (Å²) in [4.78, 5) is 12.1. The average molecular weight is 390 g/mol. The molecule has 4 nitrogen and oxygen atoms in total. The Hall–Kier alpha value is -0.940. The molecule has 2 N–H and O–H groups in total. The van der Waals surface area contributed by atoms with Gasteiger partial charge in [0.1, 0.15) is 0 Å². The van der Waals surface area contributed by atoms with Crippen LogP contribution in [0.1, 0.15) is 32.6 Å². The van der Waals surface area contributed by atoms with E-state index in [0.717, 1.165) is 10.9 Å². The first-order valence-electron chi connectivity index (χ1n) is 7.57. The number of nitrogens with one attached hydrogen (secondary N) is 2. The second kappa shape index (κ2) is 8.06. The van der Waals surface area contributed by atoms with Crippen LogP contribution in [0.3, 0.4) is 0 Å². The smallest absolute Gasteiger partial charge is 0.239 e. The van der Waals surface area contributed by atoms with Gasteiger partial charge >= 0.3 is 0 Å². The fourth-order valence-corrected chi connectivity index (χ4v) is 3.84. The van der Waals surface area contributed by atoms with Gasteiger partial charge in [0.05, 0.1) is 23.8 Å². The zero-order valence-electron chi connectivity index (χ0n) is 12.9. The lowest BCUT2D eigenvalue weighted by molar-refractivity contribution is -0.120. The molecular weight excluding hydrogens is 368 g/mol. The van der Waals surface area contributed by atoms with Crippen LogP contribution in [0.15, 0.2) is 16.6 Å². The highest BCUT2D eigenvalue weighted by Crippen LogP contribution is 2.36. The molecule has 0 bridgehead atoms. The van der Waals surface area contributed by atoms with E-state index >= 15 is 0 Å². The number of carbonyl (C=O) groups excluding carboxylic acids is 1. The first-order valence-corrected chi connectivity index (χ1v) is 8.74. The van der Waals surface area contributed by atoms with E-state index in [2.05, 4.69) is 33.5 Å². The molecular formula is C16H22BrClN2O2. The Morgan fingerprint density at radius 2 is 2.14 bits per heavy atom. The SMILES string of the molecule is COc1c(Br)cc(Cl)cc1NCC(=O)N[C@@H]1CCCC[C@@H]1C. The maximum absolute atomic E-state index is 12.1. The van der Waals surface area contributed by atoms with Gasteiger partial charge in [-0.3, -0.25) is 4.79 Å². The molecule has 1 aliphatic carbocycles. The predicted molar refractivity (Wildman–Crippen MR) is 93.8 cm³/mol. The standard InChI is InChI=1S/C16H22BrClN2O2/c1-10-5-3-4-6-13(10)20-15(21)9-19-14-8-11(18)7-12(17)16(14)22-2/h7-8,10,13,19H,3-6,9H2,1-2H3,(H,20,21)/t10-,13+/m0/s1. The molecule has 122 valence electrons. The molecule has 1 aromatic rings. The van der Waals surface area contributed by atoms with Crippen LogP contribution in [0.5, 0.6) is 5.75 Å². The molecule has 0 radical (unpaired) electrons. The highest BCUT2D eigenvalue weighted by atomic mass is 79.9. The fraction of sp³-hybridized carbons (Fsp3) is 0.562. The zero-order valence-corrected chi connectivity index (χ0v) is 15.3. The van der Waals surface area contributed by atoms with Crippen LogP contribution in [-0.4, -0.2) is 25.6 Å². The number of carbonyl (C=O) groups is 1. The molecule has 0 aliphatic heterocycles. The summed E-state index contributed by atoms with van der Waals surface area (Å²) in [5.74, 6) is 1.19. The number of ether oxygens (including phenoxy) is 1. The van der Waals surface area contributed by atoms with Crippen molar-refractivity contribution in [3.63, 3.8) is 0 Å². The van der Waals surface area contributed by atoms with Crippen molar-refractivity contribution in [3.8, 4) is 5.75 Å². The van der Waals surface area contributed by atoms with Gasteiger partial charge in [-0.1, -0.05) is 31.4 Å². The zero-order chi connectivity index (χ0) is 16.1. The van der Waals surface area contributed by atoms with Crippen molar-refractivity contribution in [2.45, 2.75) is 38.6 Å². The third-order valence-corrected chi connectivity index (χ3v) is 4.92. The summed E-state index contributed by atoms with van der Waals surface area (Å²) in [7, 11) is 1.59. The minimum absolute atomic E-state index is 0.00287. The van der Waals surface area contributed by atoms with Crippen molar-refractivity contribution in [2.24, 2.45) is 5.92 Å². The monoisotopic (exact) mass is 388 g/mol. The molecule has 1 amide bonds. The van der Waals surface area contributed by atoms with E-state index < -0.39 is 0 Å². The molecule has 22 heavy (non-hydrogen) atoms. The fourth-order valence-electron chi connectivity index (χ4n) is 2.86. The molecule has 2 atom stereocenters. The quantitative estimate of drug-likeness (QED) is 0.793. The van der Waals surface area contributed by atoms with Crippen LogP contribution in [0.4, 0.5) is 5.69 Å². The van der Waals surface area contributed by atoms with Gasteiger partial charge in [0.15, 0.2) is 5.75 Å². The number of methoxy groups -OCH3 is 1. The summed E-state index contributed by atoms with van der Waals surface area (Å²) in [6.45, 7) is 2.40. The second-order valence-corrected chi connectivity index (χ2v) is 7.05. The third-order valence-electron chi connectivity index (χ3n) is 4.11. The first-order chi connectivity index (χ1) is 10.5. The van der Waals surface area contributed by atoms with Gasteiger partial charge in [0.25, 0.3) is 0 Å². The van der Waals surface area contributed by atoms with Gasteiger partial charge in [0.2, 0.25) is 5.91 Å². The Labute approximate surface area is 145 Å². The number of hydrogen-bond donors (Lipinski definition) is 2. The van der Waals surface area contributed by atoms with Crippen LogP contribution in [0.25, 0.3) is 0 Å². The lowest BCUT2D eigenvalue weighted by Gasteiger charge is -2.29. The van der Waals surface area contributed by atoms with Crippen LogP contribution in [0, 0.1) is 5.92 Å². The van der Waals surface area contributed by atoms with Gasteiger partial charge in [-0.15, -0.1) is 0 Å². The van der Waals surface area contributed by atoms with Gasteiger partial charge in [-0.25, -0.2) is 0 Å². The van der Waals surface area contributed by atoms with Gasteiger partial charge < -0.3 is 15.4 Å². The van der Waals surface area contributed by atoms with Crippen LogP contribution in [0.2, 0.25) is 5.02 Å². The molecule has 0 heterocycles. The summed E-state index contributed by atoms with van der Waals surface area (Å²) < 4.78 is 6.09. The molecule has 2 rings (SSSR count). The van der Waals surface area contributed by atoms with Crippen molar-refractivity contribution in [2.75, 3.05) is 19.0 Å². The molecule has 0 saturated heterocycles. The van der Waals surface area contributed by atoms with Gasteiger partial charge in [0, 0.05) is 11.1 Å². The number of benzene rings is 1. The molecule has 1 saturated carbocycles. The molecule has 1 aromatic carbocycles. The normalized spacial score (nSPS) is 21.3. The molecule has 0 unspecified atom stereocenters. The Balaban J connectivity index is 1.93. The van der Waals surface area contributed by atoms with Gasteiger partial charge in [-0.05, 0) is 46.8 Å². The van der Waals surface area contributed by atoms with E-state index in [1.165, 1.54) is 19.3 Å². The topological polar surface area (TPSA) is 50.4 Å². The Morgan fingerprint density at radius 1 is 1.41 bits per heavy atom. The summed E-state index contributed by atoms with van der Waals surface area (Å²) in [5.41, 5.74) is 0.703. The van der Waals surface area contributed by atoms with Crippen molar-refractivity contribution in [3.05, 3.63) is 21.6 Å². The highest BCUT2D eigenvalue weighted by molar-refractivity contribution is 9.10. The lowest BCUT2D eigenvalue weighted by Crippen LogP contribution is -2.43. The van der Waals surface area contributed by atoms with E-state index in [1.54, 1.807) is 19.2 Å². The van der Waals surface area contributed by atoms with E-state index in [4.69, 9.17) is 16.3 Å². The van der Waals surface area contributed by atoms with Crippen molar-refractivity contribution >= 4 is 39.1 Å². The van der Waals surface area contributed by atoms with Crippen molar-refractivity contribution < 1.29 is 9.53 Å². The minimum atomic E-state index is -0.00287. The molecule has 6 heteroatoms. The summed E-state index contributed by atoms with van der Waals surface area (Å²) >= 11 is 9.45. The minimum Gasteiger partial charge on any atom is -0.493 e. The maximum atomic E-state index is 12.1. The number of amides is 1. The van der Waals surface area contributed by atoms with Crippen LogP contribution in [-0.2, 0) is 4.79 Å². The lowest BCUT2D eigenvalue weighted by atomic mass is 9.86. The summed E-state index contributed by atoms with van der Waals surface area (Å²) in [6, 6.07) is 3.80. The predicted octanol–water partition coefficient (Wildman–Crippen LogP) is 4.22. The first kappa shape index (κ1) is 17.4. The van der Waals surface area contributed by atoms with Gasteiger partial charge in [-0.2, -0.15) is 0 Å². The highest BCUT2D eigenvalue weighted by Gasteiger charge is 2.22. The van der Waals surface area contributed by atoms with E-state index in [-0.39, 0.29) is 18.5 Å². The maximum Gasteiger partial charge on any atom is 0.239 e. The van der Waals surface area contributed by atoms with E-state index in [9.17, 15) is 4.79 Å². The molecule has 0 aromatic heterocycles. The van der Waals surface area contributed by atoms with E-state index in [0.29, 0.717) is 22.4 Å². The number of anilines is 1. The summed E-state index contributed by atoms with van der Waals surface area (Å²) in [6.07, 6.45) is 4.71. The second-order valence-electron chi connectivity index (χ2n) is 5.76. The van der Waals surface area contributed by atoms with Crippen LogP contribution < -0.4 is 15.4 Å². The molecule has 1 aliphatic rings. The van der Waals surface area contributed by atoms with Crippen molar-refractivity contribution in [1.82, 2.24) is 5.32 Å². The van der Waals surface area contributed by atoms with Crippen molar-refractivity contribution in [1.29, 1.82) is 0 Å². The van der Waals surface area contributed by atoms with Crippen LogP contribution >= 0.6 is 27.5 Å². The Bertz CT molecular complexity index is 539. The number of halogens is 2. The van der Waals surface area contributed by atoms with E-state index in [1.807, 2.05) is 0 Å². The third kappa shape index (κ3) is 4.53. The Morgan fingerprint density at radius 3 is 2.82 bits per heavy atom. The largest absolute Gasteiger partial charge is 0.493 e. The average Bonchev–Trinajstić information content (AvgIpc) is 2.47.